The second-order valence-electron chi connectivity index (χ2n) is 8.46. The quantitative estimate of drug-likeness (QED) is 0.797. The zero-order valence-corrected chi connectivity index (χ0v) is 16.4. The predicted molar refractivity (Wildman–Crippen MR) is 95.4 cm³/mol. The van der Waals surface area contributed by atoms with Crippen LogP contribution in [0.5, 0.6) is 0 Å². The first-order valence-electron chi connectivity index (χ1n) is 9.34. The van der Waals surface area contributed by atoms with E-state index in [0.29, 0.717) is 5.56 Å². The number of aliphatic carboxylic acids is 1. The van der Waals surface area contributed by atoms with Crippen LogP contribution in [0.2, 0.25) is 0 Å². The first-order chi connectivity index (χ1) is 13.0. The van der Waals surface area contributed by atoms with E-state index >= 15 is 0 Å². The Balaban J connectivity index is 1.88. The molecule has 1 spiro atoms. The zero-order valence-electron chi connectivity index (χ0n) is 16.4. The zero-order chi connectivity index (χ0) is 20.4. The van der Waals surface area contributed by atoms with Crippen molar-refractivity contribution in [1.29, 1.82) is 0 Å². The molecule has 0 radical (unpaired) electrons. The normalized spacial score (nSPS) is 39.6. The van der Waals surface area contributed by atoms with Crippen LogP contribution in [-0.2, 0) is 28.5 Å². The van der Waals surface area contributed by atoms with Gasteiger partial charge in [0.15, 0.2) is 17.2 Å². The third kappa shape index (κ3) is 2.87. The molecule has 3 aliphatic rings. The summed E-state index contributed by atoms with van der Waals surface area (Å²) in [5.74, 6) is -6.40. The van der Waals surface area contributed by atoms with E-state index in [1.165, 1.54) is 0 Å². The molecule has 1 aromatic carbocycles. The van der Waals surface area contributed by atoms with Crippen molar-refractivity contribution >= 4 is 5.97 Å². The molecule has 3 saturated heterocycles. The van der Waals surface area contributed by atoms with E-state index in [9.17, 15) is 15.0 Å². The molecule has 0 bridgehead atoms. The average Bonchev–Trinajstić information content (AvgIpc) is 3.09. The number of fused-ring (bicyclic) bond motifs is 1. The summed E-state index contributed by atoms with van der Waals surface area (Å²) in [5.41, 5.74) is -1.70. The van der Waals surface area contributed by atoms with Crippen LogP contribution >= 0.6 is 0 Å². The van der Waals surface area contributed by atoms with Crippen molar-refractivity contribution in [3.63, 3.8) is 0 Å². The summed E-state index contributed by atoms with van der Waals surface area (Å²) in [6.45, 7) is 6.74. The number of carboxylic acids is 1. The van der Waals surface area contributed by atoms with E-state index in [-0.39, 0.29) is 13.2 Å². The fourth-order valence-corrected chi connectivity index (χ4v) is 4.49. The molecule has 1 aromatic rings. The standard InChI is InChI=1S/C20H26O8/c1-17(2)25-11-19(28-17)20(23,14(16(21)22)12-8-6-5-7-9-12)15-13(10-24-19)26-18(3,4)27-15/h5-9,13-15,23H,10-11H2,1-4H3,(H,21,22)/t13-,14?,15-,19+,20-/m1/s1. The van der Waals surface area contributed by atoms with E-state index in [1.807, 2.05) is 0 Å². The van der Waals surface area contributed by atoms with E-state index in [2.05, 4.69) is 0 Å². The average molecular weight is 394 g/mol. The smallest absolute Gasteiger partial charge is 0.314 e. The van der Waals surface area contributed by atoms with E-state index in [1.54, 1.807) is 58.0 Å². The van der Waals surface area contributed by atoms with Gasteiger partial charge in [-0.05, 0) is 33.3 Å². The van der Waals surface area contributed by atoms with Crippen molar-refractivity contribution in [2.75, 3.05) is 13.2 Å². The number of carboxylic acid groups (broad SMARTS) is 1. The van der Waals surface area contributed by atoms with Crippen molar-refractivity contribution in [2.45, 2.75) is 68.8 Å². The maximum Gasteiger partial charge on any atom is 0.314 e. The first-order valence-corrected chi connectivity index (χ1v) is 9.34. The van der Waals surface area contributed by atoms with Gasteiger partial charge in [-0.1, -0.05) is 30.3 Å². The molecule has 8 nitrogen and oxygen atoms in total. The molecule has 0 amide bonds. The Morgan fingerprint density at radius 1 is 1.07 bits per heavy atom. The van der Waals surface area contributed by atoms with Gasteiger partial charge in [0.25, 0.3) is 0 Å². The summed E-state index contributed by atoms with van der Waals surface area (Å²) in [4.78, 5) is 12.4. The molecule has 4 rings (SSSR count). The number of aliphatic hydroxyl groups is 1. The molecule has 3 aliphatic heterocycles. The monoisotopic (exact) mass is 394 g/mol. The number of hydrogen-bond donors (Lipinski definition) is 2. The number of hydrogen-bond acceptors (Lipinski definition) is 7. The summed E-state index contributed by atoms with van der Waals surface area (Å²) >= 11 is 0. The predicted octanol–water partition coefficient (Wildman–Crippen LogP) is 1.62. The van der Waals surface area contributed by atoms with Crippen molar-refractivity contribution in [3.05, 3.63) is 35.9 Å². The van der Waals surface area contributed by atoms with E-state index < -0.39 is 47.1 Å². The van der Waals surface area contributed by atoms with Crippen molar-refractivity contribution in [3.8, 4) is 0 Å². The van der Waals surface area contributed by atoms with Gasteiger partial charge in [-0.25, -0.2) is 0 Å². The molecule has 5 atom stereocenters. The SMILES string of the molecule is CC1(C)O[C@@H]2[C@@H](CO[C@]3(COC(C)(C)O3)[C@@]2(O)C(C(=O)O)c2ccccc2)O1. The number of benzene rings is 1. The second kappa shape index (κ2) is 6.22. The molecular formula is C20H26O8. The van der Waals surface area contributed by atoms with Gasteiger partial charge < -0.3 is 33.9 Å². The Hall–Kier alpha value is -1.55. The molecule has 28 heavy (non-hydrogen) atoms. The fourth-order valence-electron chi connectivity index (χ4n) is 4.49. The van der Waals surface area contributed by atoms with Crippen molar-refractivity contribution < 1.29 is 38.7 Å². The largest absolute Gasteiger partial charge is 0.481 e. The molecule has 8 heteroatoms. The number of rotatable bonds is 3. The highest BCUT2D eigenvalue weighted by molar-refractivity contribution is 5.78. The summed E-state index contributed by atoms with van der Waals surface area (Å²) in [6.07, 6.45) is -1.64. The lowest BCUT2D eigenvalue weighted by Crippen LogP contribution is -2.74. The fraction of sp³-hybridized carbons (Fsp3) is 0.650. The highest BCUT2D eigenvalue weighted by Crippen LogP contribution is 2.54. The molecule has 3 heterocycles. The highest BCUT2D eigenvalue weighted by Gasteiger charge is 2.74. The minimum atomic E-state index is -2.11. The third-order valence-corrected chi connectivity index (χ3v) is 5.55. The van der Waals surface area contributed by atoms with Crippen LogP contribution in [-0.4, -0.2) is 64.6 Å². The van der Waals surface area contributed by atoms with Crippen LogP contribution in [0.4, 0.5) is 0 Å². The molecule has 0 aliphatic carbocycles. The lowest BCUT2D eigenvalue weighted by Gasteiger charge is -2.52. The Morgan fingerprint density at radius 3 is 2.32 bits per heavy atom. The summed E-state index contributed by atoms with van der Waals surface area (Å²) in [7, 11) is 0. The molecule has 154 valence electrons. The van der Waals surface area contributed by atoms with Crippen molar-refractivity contribution in [2.24, 2.45) is 0 Å². The lowest BCUT2D eigenvalue weighted by atomic mass is 9.70. The third-order valence-electron chi connectivity index (χ3n) is 5.55. The number of ether oxygens (including phenoxy) is 5. The Kier molecular flexibility index (Phi) is 4.39. The Labute approximate surface area is 163 Å². The molecular weight excluding hydrogens is 368 g/mol. The summed E-state index contributed by atoms with van der Waals surface area (Å²) in [5, 5.41) is 22.3. The Morgan fingerprint density at radius 2 is 1.75 bits per heavy atom. The lowest BCUT2D eigenvalue weighted by molar-refractivity contribution is -0.370. The minimum Gasteiger partial charge on any atom is -0.481 e. The topological polar surface area (TPSA) is 104 Å². The van der Waals surface area contributed by atoms with Gasteiger partial charge in [0.2, 0.25) is 5.79 Å². The highest BCUT2D eigenvalue weighted by atomic mass is 16.9. The van der Waals surface area contributed by atoms with Crippen LogP contribution in [0.3, 0.4) is 0 Å². The van der Waals surface area contributed by atoms with Gasteiger partial charge in [-0.15, -0.1) is 0 Å². The van der Waals surface area contributed by atoms with Crippen LogP contribution in [0.1, 0.15) is 39.2 Å². The van der Waals surface area contributed by atoms with Gasteiger partial charge in [-0.3, -0.25) is 4.79 Å². The molecule has 1 unspecified atom stereocenters. The van der Waals surface area contributed by atoms with Crippen LogP contribution in [0.25, 0.3) is 0 Å². The van der Waals surface area contributed by atoms with Gasteiger partial charge >= 0.3 is 5.97 Å². The number of carbonyl (C=O) groups is 1. The van der Waals surface area contributed by atoms with Gasteiger partial charge in [0.1, 0.15) is 24.7 Å². The molecule has 0 aromatic heterocycles. The van der Waals surface area contributed by atoms with Crippen LogP contribution in [0.15, 0.2) is 30.3 Å². The van der Waals surface area contributed by atoms with Crippen LogP contribution < -0.4 is 0 Å². The van der Waals surface area contributed by atoms with Crippen LogP contribution in [0, 0.1) is 0 Å². The second-order valence-corrected chi connectivity index (χ2v) is 8.46. The van der Waals surface area contributed by atoms with Gasteiger partial charge in [0, 0.05) is 0 Å². The summed E-state index contributed by atoms with van der Waals surface area (Å²) < 4.78 is 29.6. The Bertz CT molecular complexity index is 761. The molecule has 3 fully saturated rings. The minimum absolute atomic E-state index is 0.0803. The summed E-state index contributed by atoms with van der Waals surface area (Å²) in [6, 6.07) is 8.51. The first kappa shape index (κ1) is 19.8. The van der Waals surface area contributed by atoms with Crippen molar-refractivity contribution in [1.82, 2.24) is 0 Å². The molecule has 2 N–H and O–H groups in total. The molecule has 0 saturated carbocycles. The van der Waals surface area contributed by atoms with Gasteiger partial charge in [0.05, 0.1) is 6.61 Å². The maximum absolute atomic E-state index is 12.4. The van der Waals surface area contributed by atoms with Gasteiger partial charge in [-0.2, -0.15) is 0 Å². The maximum atomic E-state index is 12.4. The van der Waals surface area contributed by atoms with E-state index in [4.69, 9.17) is 23.7 Å². The van der Waals surface area contributed by atoms with E-state index in [0.717, 1.165) is 0 Å².